The Kier molecular flexibility index (Phi) is 14.3. The van der Waals surface area contributed by atoms with E-state index >= 15 is 0 Å². The first-order valence-electron chi connectivity index (χ1n) is 4.54. The minimum atomic E-state index is -1.85. The standard InChI is InChI=1S/C8H18O3P.CH4/c1-3-5-7-10-12(9)11-8-6-4-2;/h3-8H2,1-2H3;1H4/q+1;. The first kappa shape index (κ1) is 15.5. The smallest absolute Gasteiger partial charge is 0.119 e. The molecule has 3 nitrogen and oxygen atoms in total. The quantitative estimate of drug-likeness (QED) is 0.449. The van der Waals surface area contributed by atoms with Gasteiger partial charge in [-0.2, -0.15) is 0 Å². The summed E-state index contributed by atoms with van der Waals surface area (Å²) in [5.41, 5.74) is 0. The van der Waals surface area contributed by atoms with Gasteiger partial charge in [-0.05, 0) is 12.8 Å². The van der Waals surface area contributed by atoms with Gasteiger partial charge in [0.2, 0.25) is 0 Å². The van der Waals surface area contributed by atoms with E-state index in [9.17, 15) is 4.57 Å². The fourth-order valence-corrected chi connectivity index (χ4v) is 1.23. The van der Waals surface area contributed by atoms with Crippen molar-refractivity contribution >= 4 is 8.25 Å². The zero-order valence-electron chi connectivity index (χ0n) is 7.91. The Labute approximate surface area is 82.8 Å². The van der Waals surface area contributed by atoms with E-state index in [2.05, 4.69) is 13.8 Å². The average molecular weight is 209 g/mol. The van der Waals surface area contributed by atoms with Crippen molar-refractivity contribution < 1.29 is 13.6 Å². The van der Waals surface area contributed by atoms with Gasteiger partial charge in [0.05, 0.1) is 0 Å². The summed E-state index contributed by atoms with van der Waals surface area (Å²) >= 11 is 0. The molecule has 0 aromatic carbocycles. The molecule has 0 aliphatic heterocycles. The molecule has 0 spiro atoms. The Hall–Kier alpha value is 0.0200. The minimum absolute atomic E-state index is 0. The molecule has 0 heterocycles. The van der Waals surface area contributed by atoms with E-state index in [1.165, 1.54) is 0 Å². The van der Waals surface area contributed by atoms with Crippen LogP contribution in [-0.2, 0) is 13.6 Å². The molecule has 0 aliphatic carbocycles. The van der Waals surface area contributed by atoms with Crippen LogP contribution in [0.5, 0.6) is 0 Å². The van der Waals surface area contributed by atoms with Gasteiger partial charge in [0.25, 0.3) is 0 Å². The van der Waals surface area contributed by atoms with Gasteiger partial charge in [-0.1, -0.05) is 34.1 Å². The van der Waals surface area contributed by atoms with Crippen molar-refractivity contribution in [3.05, 3.63) is 0 Å². The Morgan fingerprint density at radius 1 is 1.00 bits per heavy atom. The van der Waals surface area contributed by atoms with Crippen molar-refractivity contribution in [3.63, 3.8) is 0 Å². The third-order valence-corrected chi connectivity index (χ3v) is 2.18. The summed E-state index contributed by atoms with van der Waals surface area (Å²) < 4.78 is 20.7. The van der Waals surface area contributed by atoms with E-state index in [-0.39, 0.29) is 7.43 Å². The van der Waals surface area contributed by atoms with Crippen LogP contribution < -0.4 is 0 Å². The molecule has 0 N–H and O–H groups in total. The highest BCUT2D eigenvalue weighted by Crippen LogP contribution is 2.24. The molecule has 0 saturated carbocycles. The van der Waals surface area contributed by atoms with Gasteiger partial charge in [-0.15, -0.1) is 9.05 Å². The average Bonchev–Trinajstić information content (AvgIpc) is 2.06. The fraction of sp³-hybridized carbons (Fsp3) is 1.00. The van der Waals surface area contributed by atoms with Crippen molar-refractivity contribution in [1.29, 1.82) is 0 Å². The normalized spacial score (nSPS) is 9.38. The number of hydrogen-bond donors (Lipinski definition) is 0. The van der Waals surface area contributed by atoms with Gasteiger partial charge in [0, 0.05) is 4.57 Å². The third-order valence-electron chi connectivity index (χ3n) is 1.39. The maximum Gasteiger partial charge on any atom is 0.697 e. The molecule has 0 aliphatic rings. The first-order chi connectivity index (χ1) is 5.81. The summed E-state index contributed by atoms with van der Waals surface area (Å²) in [4.78, 5) is 0. The molecule has 0 rings (SSSR count). The lowest BCUT2D eigenvalue weighted by molar-refractivity contribution is 0.221. The first-order valence-corrected chi connectivity index (χ1v) is 5.63. The predicted molar refractivity (Wildman–Crippen MR) is 56.1 cm³/mol. The van der Waals surface area contributed by atoms with Crippen LogP contribution in [0.25, 0.3) is 0 Å². The molecule has 0 aromatic rings. The van der Waals surface area contributed by atoms with E-state index in [1.807, 2.05) is 0 Å². The van der Waals surface area contributed by atoms with Crippen LogP contribution in [0.1, 0.15) is 47.0 Å². The minimum Gasteiger partial charge on any atom is -0.119 e. The van der Waals surface area contributed by atoms with E-state index in [4.69, 9.17) is 9.05 Å². The highest BCUT2D eigenvalue weighted by molar-refractivity contribution is 7.33. The molecule has 0 saturated heterocycles. The maximum atomic E-state index is 10.9. The largest absolute Gasteiger partial charge is 0.697 e. The molecule has 0 atom stereocenters. The second-order valence-corrected chi connectivity index (χ2v) is 3.56. The SMILES string of the molecule is C.CCCCO[P+](=O)OCCCC. The maximum absolute atomic E-state index is 10.9. The van der Waals surface area contributed by atoms with Crippen LogP contribution in [0.4, 0.5) is 0 Å². The molecule has 4 heteroatoms. The molecule has 0 aromatic heterocycles. The van der Waals surface area contributed by atoms with Crippen molar-refractivity contribution in [2.75, 3.05) is 13.2 Å². The fourth-order valence-electron chi connectivity index (χ4n) is 0.604. The summed E-state index contributed by atoms with van der Waals surface area (Å²) in [6.07, 6.45) is 3.99. The summed E-state index contributed by atoms with van der Waals surface area (Å²) in [7, 11) is -1.85. The van der Waals surface area contributed by atoms with E-state index < -0.39 is 8.25 Å². The van der Waals surface area contributed by atoms with E-state index in [0.717, 1.165) is 25.7 Å². The molecule has 13 heavy (non-hydrogen) atoms. The molecule has 0 bridgehead atoms. The van der Waals surface area contributed by atoms with Crippen molar-refractivity contribution in [1.82, 2.24) is 0 Å². The van der Waals surface area contributed by atoms with Gasteiger partial charge in [-0.25, -0.2) is 0 Å². The van der Waals surface area contributed by atoms with Crippen LogP contribution in [0.3, 0.4) is 0 Å². The summed E-state index contributed by atoms with van der Waals surface area (Å²) in [6.45, 7) is 5.21. The van der Waals surface area contributed by atoms with Crippen molar-refractivity contribution in [2.45, 2.75) is 47.0 Å². The van der Waals surface area contributed by atoms with E-state index in [0.29, 0.717) is 13.2 Å². The lowest BCUT2D eigenvalue weighted by atomic mass is 10.4. The Bertz CT molecular complexity index is 105. The van der Waals surface area contributed by atoms with Crippen molar-refractivity contribution in [3.8, 4) is 0 Å². The molecule has 80 valence electrons. The highest BCUT2D eigenvalue weighted by Gasteiger charge is 2.18. The van der Waals surface area contributed by atoms with Crippen LogP contribution >= 0.6 is 8.25 Å². The summed E-state index contributed by atoms with van der Waals surface area (Å²) in [6, 6.07) is 0. The highest BCUT2D eigenvalue weighted by atomic mass is 31.1. The van der Waals surface area contributed by atoms with Crippen LogP contribution in [0, 0.1) is 0 Å². The zero-order chi connectivity index (χ0) is 9.23. The van der Waals surface area contributed by atoms with E-state index in [1.54, 1.807) is 0 Å². The lowest BCUT2D eigenvalue weighted by Gasteiger charge is -1.89. The predicted octanol–water partition coefficient (Wildman–Crippen LogP) is 3.91. The van der Waals surface area contributed by atoms with Crippen LogP contribution in [-0.4, -0.2) is 13.2 Å². The van der Waals surface area contributed by atoms with Gasteiger partial charge in [0.15, 0.2) is 0 Å². The topological polar surface area (TPSA) is 35.5 Å². The molecular formula is C9H22O3P+. The van der Waals surface area contributed by atoms with Gasteiger partial charge in [-0.3, -0.25) is 0 Å². The summed E-state index contributed by atoms with van der Waals surface area (Å²) in [5, 5.41) is 0. The van der Waals surface area contributed by atoms with Gasteiger partial charge in [0.1, 0.15) is 13.2 Å². The molecular weight excluding hydrogens is 187 g/mol. The van der Waals surface area contributed by atoms with Crippen LogP contribution in [0.15, 0.2) is 0 Å². The number of hydrogen-bond acceptors (Lipinski definition) is 3. The number of unbranched alkanes of at least 4 members (excludes halogenated alkanes) is 2. The molecule has 0 amide bonds. The zero-order valence-corrected chi connectivity index (χ0v) is 8.81. The molecule has 0 radical (unpaired) electrons. The van der Waals surface area contributed by atoms with Gasteiger partial charge < -0.3 is 0 Å². The Morgan fingerprint density at radius 2 is 1.38 bits per heavy atom. The second-order valence-electron chi connectivity index (χ2n) is 2.60. The summed E-state index contributed by atoms with van der Waals surface area (Å²) in [5.74, 6) is 0. The second kappa shape index (κ2) is 12.0. The third kappa shape index (κ3) is 12.0. The molecule has 0 unspecified atom stereocenters. The monoisotopic (exact) mass is 209 g/mol. The van der Waals surface area contributed by atoms with Gasteiger partial charge >= 0.3 is 8.25 Å². The van der Waals surface area contributed by atoms with Crippen LogP contribution in [0.2, 0.25) is 0 Å². The Balaban J connectivity index is 0. The Morgan fingerprint density at radius 3 is 1.69 bits per heavy atom. The number of rotatable bonds is 8. The van der Waals surface area contributed by atoms with Crippen molar-refractivity contribution in [2.24, 2.45) is 0 Å². The molecule has 0 fully saturated rings. The lowest BCUT2D eigenvalue weighted by Crippen LogP contribution is -1.90.